The van der Waals surface area contributed by atoms with Crippen LogP contribution < -0.4 is 0 Å². The molecule has 4 heteroatoms. The van der Waals surface area contributed by atoms with Gasteiger partial charge >= 0.3 is 0 Å². The van der Waals surface area contributed by atoms with Crippen LogP contribution in [-0.2, 0) is 12.8 Å². The average molecular weight is 248 g/mol. The van der Waals surface area contributed by atoms with Crippen molar-refractivity contribution in [3.8, 4) is 0 Å². The predicted octanol–water partition coefficient (Wildman–Crippen LogP) is 4.28. The Bertz CT molecular complexity index is 482. The highest BCUT2D eigenvalue weighted by Crippen LogP contribution is 2.34. The van der Waals surface area contributed by atoms with Gasteiger partial charge in [-0.25, -0.2) is 0 Å². The third-order valence-electron chi connectivity index (χ3n) is 2.42. The molecule has 0 bridgehead atoms. The van der Waals surface area contributed by atoms with Crippen molar-refractivity contribution in [2.24, 2.45) is 9.98 Å². The lowest BCUT2D eigenvalue weighted by atomic mass is 10.00. The Balaban J connectivity index is 3.55. The molecular formula is C12H12N2S2. The molecule has 0 aliphatic heterocycles. The van der Waals surface area contributed by atoms with Gasteiger partial charge in [0, 0.05) is 0 Å². The first kappa shape index (κ1) is 12.9. The number of rotatable bonds is 4. The van der Waals surface area contributed by atoms with Gasteiger partial charge in [-0.15, -0.1) is 0 Å². The smallest absolute Gasteiger partial charge is 0.104 e. The Hall–Kier alpha value is -1.18. The number of isothiocyanates is 2. The van der Waals surface area contributed by atoms with Gasteiger partial charge in [0.1, 0.15) is 11.4 Å². The van der Waals surface area contributed by atoms with Crippen molar-refractivity contribution in [3.63, 3.8) is 0 Å². The minimum Gasteiger partial charge on any atom is -0.192 e. The largest absolute Gasteiger partial charge is 0.192 e. The summed E-state index contributed by atoms with van der Waals surface area (Å²) in [6.45, 7) is 4.20. The van der Waals surface area contributed by atoms with Crippen LogP contribution in [-0.4, -0.2) is 10.3 Å². The van der Waals surface area contributed by atoms with Crippen molar-refractivity contribution < 1.29 is 0 Å². The van der Waals surface area contributed by atoms with Gasteiger partial charge in [-0.2, -0.15) is 9.98 Å². The molecule has 82 valence electrons. The highest BCUT2D eigenvalue weighted by Gasteiger charge is 2.09. The fourth-order valence-corrected chi connectivity index (χ4v) is 1.89. The highest BCUT2D eigenvalue weighted by atomic mass is 32.1. The molecule has 0 saturated carbocycles. The van der Waals surface area contributed by atoms with Gasteiger partial charge in [0.15, 0.2) is 0 Å². The maximum absolute atomic E-state index is 4.66. The molecule has 1 aromatic carbocycles. The normalized spacial score (nSPS) is 9.12. The lowest BCUT2D eigenvalue weighted by molar-refractivity contribution is 1.03. The standard InChI is InChI=1S/C12H12N2S2/c1-3-9-5-6-11(13-7-15)12(14-8-16)10(9)4-2/h5-6H,3-4H2,1-2H3. The lowest BCUT2D eigenvalue weighted by Gasteiger charge is -2.10. The van der Waals surface area contributed by atoms with E-state index in [1.165, 1.54) is 5.56 Å². The summed E-state index contributed by atoms with van der Waals surface area (Å²) in [5.74, 6) is 0. The third-order valence-corrected chi connectivity index (χ3v) is 2.60. The Morgan fingerprint density at radius 3 is 2.25 bits per heavy atom. The molecule has 0 fully saturated rings. The molecule has 0 atom stereocenters. The fraction of sp³-hybridized carbons (Fsp3) is 0.333. The maximum atomic E-state index is 4.66. The van der Waals surface area contributed by atoms with Gasteiger partial charge < -0.3 is 0 Å². The Morgan fingerprint density at radius 2 is 1.75 bits per heavy atom. The first-order chi connectivity index (χ1) is 7.78. The molecule has 0 heterocycles. The van der Waals surface area contributed by atoms with Gasteiger partial charge in [0.2, 0.25) is 0 Å². The first-order valence-corrected chi connectivity index (χ1v) is 5.90. The van der Waals surface area contributed by atoms with Crippen LogP contribution in [0, 0.1) is 0 Å². The van der Waals surface area contributed by atoms with E-state index in [9.17, 15) is 0 Å². The average Bonchev–Trinajstić information content (AvgIpc) is 2.31. The number of aliphatic imine (C=N–C) groups is 2. The monoisotopic (exact) mass is 248 g/mol. The molecular weight excluding hydrogens is 236 g/mol. The minimum absolute atomic E-state index is 0.710. The van der Waals surface area contributed by atoms with Crippen molar-refractivity contribution in [1.82, 2.24) is 0 Å². The van der Waals surface area contributed by atoms with E-state index in [1.54, 1.807) is 0 Å². The van der Waals surface area contributed by atoms with Crippen LogP contribution in [0.3, 0.4) is 0 Å². The van der Waals surface area contributed by atoms with Crippen LogP contribution in [0.4, 0.5) is 11.4 Å². The summed E-state index contributed by atoms with van der Waals surface area (Å²) < 4.78 is 0. The van der Waals surface area contributed by atoms with Crippen LogP contribution in [0.1, 0.15) is 25.0 Å². The van der Waals surface area contributed by atoms with E-state index in [0.29, 0.717) is 5.69 Å². The van der Waals surface area contributed by atoms with Crippen LogP contribution >= 0.6 is 24.4 Å². The summed E-state index contributed by atoms with van der Waals surface area (Å²) in [5, 5.41) is 4.75. The van der Waals surface area contributed by atoms with Crippen molar-refractivity contribution in [1.29, 1.82) is 0 Å². The molecule has 0 amide bonds. The molecule has 0 saturated heterocycles. The van der Waals surface area contributed by atoms with Crippen molar-refractivity contribution in [2.75, 3.05) is 0 Å². The summed E-state index contributed by atoms with van der Waals surface area (Å²) >= 11 is 9.27. The minimum atomic E-state index is 0.710. The van der Waals surface area contributed by atoms with Crippen LogP contribution in [0.2, 0.25) is 0 Å². The topological polar surface area (TPSA) is 24.7 Å². The van der Waals surface area contributed by atoms with E-state index in [1.807, 2.05) is 12.1 Å². The van der Waals surface area contributed by atoms with E-state index in [0.717, 1.165) is 24.1 Å². The molecule has 1 rings (SSSR count). The zero-order valence-electron chi connectivity index (χ0n) is 9.28. The number of nitrogens with zero attached hydrogens (tertiary/aromatic N) is 2. The number of benzene rings is 1. The Kier molecular flexibility index (Phi) is 5.17. The zero-order chi connectivity index (χ0) is 12.0. The van der Waals surface area contributed by atoms with Gasteiger partial charge in [-0.05, 0) is 54.5 Å². The maximum Gasteiger partial charge on any atom is 0.104 e. The highest BCUT2D eigenvalue weighted by molar-refractivity contribution is 7.78. The molecule has 0 aromatic heterocycles. The molecule has 0 aliphatic carbocycles. The summed E-state index contributed by atoms with van der Waals surface area (Å²) in [4.78, 5) is 8.08. The molecule has 0 aliphatic rings. The summed E-state index contributed by atoms with van der Waals surface area (Å²) in [5.41, 5.74) is 3.90. The SMILES string of the molecule is CCc1ccc(N=C=S)c(N=C=S)c1CC. The number of hydrogen-bond acceptors (Lipinski definition) is 4. The van der Waals surface area contributed by atoms with E-state index in [4.69, 9.17) is 0 Å². The predicted molar refractivity (Wildman–Crippen MR) is 74.6 cm³/mol. The van der Waals surface area contributed by atoms with Crippen LogP contribution in [0.5, 0.6) is 0 Å². The van der Waals surface area contributed by atoms with E-state index in [-0.39, 0.29) is 0 Å². The Labute approximate surface area is 106 Å². The fourth-order valence-electron chi connectivity index (χ4n) is 1.70. The molecule has 1 aromatic rings. The van der Waals surface area contributed by atoms with Gasteiger partial charge in [-0.1, -0.05) is 19.9 Å². The van der Waals surface area contributed by atoms with E-state index >= 15 is 0 Å². The molecule has 0 spiro atoms. The lowest BCUT2D eigenvalue weighted by Crippen LogP contribution is -1.91. The summed E-state index contributed by atoms with van der Waals surface area (Å²) in [7, 11) is 0. The second kappa shape index (κ2) is 6.41. The zero-order valence-corrected chi connectivity index (χ0v) is 10.9. The van der Waals surface area contributed by atoms with Crippen molar-refractivity contribution in [3.05, 3.63) is 23.3 Å². The van der Waals surface area contributed by atoms with Gasteiger partial charge in [0.25, 0.3) is 0 Å². The molecule has 0 radical (unpaired) electrons. The second-order valence-electron chi connectivity index (χ2n) is 3.18. The molecule has 2 nitrogen and oxygen atoms in total. The first-order valence-electron chi connectivity index (χ1n) is 5.08. The Morgan fingerprint density at radius 1 is 1.06 bits per heavy atom. The summed E-state index contributed by atoms with van der Waals surface area (Å²) in [6.07, 6.45) is 1.85. The van der Waals surface area contributed by atoms with Crippen molar-refractivity contribution >= 4 is 46.1 Å². The quantitative estimate of drug-likeness (QED) is 0.587. The second-order valence-corrected chi connectivity index (χ2v) is 3.55. The third kappa shape index (κ3) is 2.69. The van der Waals surface area contributed by atoms with Gasteiger partial charge in [-0.3, -0.25) is 0 Å². The number of aryl methyl sites for hydroxylation is 1. The number of thiocarbonyl (C=S) groups is 2. The van der Waals surface area contributed by atoms with E-state index < -0.39 is 0 Å². The number of hydrogen-bond donors (Lipinski definition) is 0. The van der Waals surface area contributed by atoms with Crippen LogP contribution in [0.15, 0.2) is 22.1 Å². The van der Waals surface area contributed by atoms with Crippen LogP contribution in [0.25, 0.3) is 0 Å². The summed E-state index contributed by atoms with van der Waals surface area (Å²) in [6, 6.07) is 3.94. The molecule has 0 N–H and O–H groups in total. The van der Waals surface area contributed by atoms with E-state index in [2.05, 4.69) is 58.6 Å². The van der Waals surface area contributed by atoms with Crippen molar-refractivity contribution in [2.45, 2.75) is 26.7 Å². The van der Waals surface area contributed by atoms with Gasteiger partial charge in [0.05, 0.1) is 10.3 Å². The molecule has 0 unspecified atom stereocenters. The molecule has 16 heavy (non-hydrogen) atoms.